The van der Waals surface area contributed by atoms with Crippen LogP contribution in [0.2, 0.25) is 0 Å². The zero-order valence-corrected chi connectivity index (χ0v) is 17.2. The summed E-state index contributed by atoms with van der Waals surface area (Å²) in [5.74, 6) is 0.0988. The second-order valence-corrected chi connectivity index (χ2v) is 7.25. The fourth-order valence-electron chi connectivity index (χ4n) is 3.65. The first-order chi connectivity index (χ1) is 15.0. The number of amides is 1. The Bertz CT molecular complexity index is 1310. The van der Waals surface area contributed by atoms with Crippen LogP contribution in [0.4, 0.5) is 4.39 Å². The van der Waals surface area contributed by atoms with E-state index in [2.05, 4.69) is 10.3 Å². The third-order valence-electron chi connectivity index (χ3n) is 5.27. The van der Waals surface area contributed by atoms with Crippen LogP contribution in [0.25, 0.3) is 16.6 Å². The van der Waals surface area contributed by atoms with Gasteiger partial charge in [0.15, 0.2) is 0 Å². The molecule has 31 heavy (non-hydrogen) atoms. The van der Waals surface area contributed by atoms with E-state index < -0.39 is 0 Å². The highest BCUT2D eigenvalue weighted by atomic mass is 19.1. The summed E-state index contributed by atoms with van der Waals surface area (Å²) in [7, 11) is 1.57. The van der Waals surface area contributed by atoms with Crippen molar-refractivity contribution in [2.45, 2.75) is 13.3 Å². The Hall–Kier alpha value is -3.87. The van der Waals surface area contributed by atoms with Gasteiger partial charge in [0, 0.05) is 41.1 Å². The lowest BCUT2D eigenvalue weighted by molar-refractivity contribution is 0.0953. The molecule has 0 aliphatic carbocycles. The van der Waals surface area contributed by atoms with Gasteiger partial charge in [-0.1, -0.05) is 0 Å². The molecule has 0 aliphatic heterocycles. The normalized spacial score (nSPS) is 10.9. The quantitative estimate of drug-likeness (QED) is 0.500. The van der Waals surface area contributed by atoms with Gasteiger partial charge in [0.1, 0.15) is 11.6 Å². The number of aromatic nitrogens is 2. The van der Waals surface area contributed by atoms with E-state index in [9.17, 15) is 14.0 Å². The number of halogens is 1. The van der Waals surface area contributed by atoms with Crippen LogP contribution in [-0.4, -0.2) is 29.1 Å². The molecule has 0 saturated carbocycles. The summed E-state index contributed by atoms with van der Waals surface area (Å²) in [5, 5.41) is 3.70. The number of benzene rings is 2. The number of aryl methyl sites for hydroxylation is 1. The molecule has 2 heterocycles. The molecule has 0 spiro atoms. The Kier molecular flexibility index (Phi) is 5.58. The molecule has 0 radical (unpaired) electrons. The Morgan fingerprint density at radius 1 is 1.13 bits per heavy atom. The lowest BCUT2D eigenvalue weighted by Gasteiger charge is -2.10. The first-order valence-corrected chi connectivity index (χ1v) is 9.88. The second-order valence-electron chi connectivity index (χ2n) is 7.25. The van der Waals surface area contributed by atoms with E-state index in [1.165, 1.54) is 35.0 Å². The third-order valence-corrected chi connectivity index (χ3v) is 5.27. The molecule has 0 saturated heterocycles. The minimum absolute atomic E-state index is 0.238. The van der Waals surface area contributed by atoms with E-state index in [-0.39, 0.29) is 17.3 Å². The van der Waals surface area contributed by atoms with Crippen molar-refractivity contribution >= 4 is 16.8 Å². The number of carbonyl (C=O) groups excluding carboxylic acids is 1. The predicted molar refractivity (Wildman–Crippen MR) is 118 cm³/mol. The number of hydrogen-bond acceptors (Lipinski definition) is 3. The molecule has 1 amide bonds. The molecule has 2 aromatic carbocycles. The van der Waals surface area contributed by atoms with Gasteiger partial charge in [0.25, 0.3) is 11.5 Å². The molecule has 2 aromatic heterocycles. The van der Waals surface area contributed by atoms with Crippen molar-refractivity contribution in [1.29, 1.82) is 0 Å². The van der Waals surface area contributed by atoms with Crippen LogP contribution in [0.1, 0.15) is 21.6 Å². The molecule has 2 N–H and O–H groups in total. The summed E-state index contributed by atoms with van der Waals surface area (Å²) in [6.07, 6.45) is 2.07. The van der Waals surface area contributed by atoms with Gasteiger partial charge in [0.05, 0.1) is 12.7 Å². The van der Waals surface area contributed by atoms with Gasteiger partial charge in [-0.2, -0.15) is 0 Å². The molecule has 4 aromatic rings. The molecule has 0 bridgehead atoms. The second kappa shape index (κ2) is 8.47. The summed E-state index contributed by atoms with van der Waals surface area (Å²) >= 11 is 0. The van der Waals surface area contributed by atoms with E-state index in [4.69, 9.17) is 4.74 Å². The van der Waals surface area contributed by atoms with E-state index in [0.717, 1.165) is 22.2 Å². The molecule has 0 atom stereocenters. The van der Waals surface area contributed by atoms with E-state index in [1.54, 1.807) is 37.4 Å². The lowest BCUT2D eigenvalue weighted by Crippen LogP contribution is -2.28. The van der Waals surface area contributed by atoms with Gasteiger partial charge in [-0.3, -0.25) is 14.2 Å². The summed E-state index contributed by atoms with van der Waals surface area (Å²) in [6.45, 7) is 2.31. The maximum absolute atomic E-state index is 13.6. The monoisotopic (exact) mass is 419 g/mol. The number of fused-ring (bicyclic) bond motifs is 1. The first kappa shape index (κ1) is 20.4. The minimum Gasteiger partial charge on any atom is -0.497 e. The number of carbonyl (C=O) groups is 1. The highest BCUT2D eigenvalue weighted by Gasteiger charge is 2.12. The highest BCUT2D eigenvalue weighted by Crippen LogP contribution is 2.23. The Labute approximate surface area is 178 Å². The topological polar surface area (TPSA) is 76.1 Å². The van der Waals surface area contributed by atoms with Crippen LogP contribution in [0, 0.1) is 12.7 Å². The van der Waals surface area contributed by atoms with Crippen molar-refractivity contribution in [3.63, 3.8) is 0 Å². The number of ether oxygens (including phenoxy) is 1. The maximum Gasteiger partial charge on any atom is 0.255 e. The number of methoxy groups -OCH3 is 1. The Balaban J connectivity index is 1.49. The number of H-pyrrole nitrogens is 1. The lowest BCUT2D eigenvalue weighted by atomic mass is 10.1. The van der Waals surface area contributed by atoms with Crippen LogP contribution in [0.15, 0.2) is 65.6 Å². The Morgan fingerprint density at radius 3 is 2.65 bits per heavy atom. The zero-order valence-electron chi connectivity index (χ0n) is 17.2. The predicted octanol–water partition coefficient (Wildman–Crippen LogP) is 3.75. The zero-order chi connectivity index (χ0) is 22.0. The Morgan fingerprint density at radius 2 is 1.90 bits per heavy atom. The number of aromatic amines is 1. The molecule has 6 nitrogen and oxygen atoms in total. The number of nitrogens with one attached hydrogen (secondary N) is 2. The van der Waals surface area contributed by atoms with Crippen molar-refractivity contribution in [2.75, 3.05) is 13.7 Å². The summed E-state index contributed by atoms with van der Waals surface area (Å²) < 4.78 is 20.2. The molecule has 4 rings (SSSR count). The number of rotatable bonds is 6. The SMILES string of the molecule is COc1ccc(-n2cc(C(=O)NCCc3c(C)[nH]c4ccc(F)cc34)ccc2=O)cc1. The molecular formula is C24H22FN3O3. The van der Waals surface area contributed by atoms with Crippen molar-refractivity contribution in [1.82, 2.24) is 14.9 Å². The molecule has 0 aliphatic rings. The van der Waals surface area contributed by atoms with Crippen molar-refractivity contribution < 1.29 is 13.9 Å². The fourth-order valence-corrected chi connectivity index (χ4v) is 3.65. The van der Waals surface area contributed by atoms with Gasteiger partial charge in [0.2, 0.25) is 0 Å². The van der Waals surface area contributed by atoms with Gasteiger partial charge >= 0.3 is 0 Å². The smallest absolute Gasteiger partial charge is 0.255 e. The number of hydrogen-bond donors (Lipinski definition) is 2. The van der Waals surface area contributed by atoms with Gasteiger partial charge in [-0.05, 0) is 67.4 Å². The molecular weight excluding hydrogens is 397 g/mol. The molecule has 0 unspecified atom stereocenters. The van der Waals surface area contributed by atoms with Gasteiger partial charge < -0.3 is 15.0 Å². The van der Waals surface area contributed by atoms with Gasteiger partial charge in [-0.25, -0.2) is 4.39 Å². The van der Waals surface area contributed by atoms with E-state index in [1.807, 2.05) is 6.92 Å². The average molecular weight is 419 g/mol. The van der Waals surface area contributed by atoms with Crippen molar-refractivity contribution in [2.24, 2.45) is 0 Å². The highest BCUT2D eigenvalue weighted by molar-refractivity contribution is 5.94. The standard InChI is InChI=1S/C24H22FN3O3/c1-15-20(21-13-17(25)4-9-22(21)27-15)11-12-26-24(30)16-3-10-23(29)28(14-16)18-5-7-19(31-2)8-6-18/h3-10,13-14,27H,11-12H2,1-2H3,(H,26,30). The number of nitrogens with zero attached hydrogens (tertiary/aromatic N) is 1. The van der Waals surface area contributed by atoms with Crippen molar-refractivity contribution in [3.8, 4) is 11.4 Å². The number of pyridine rings is 1. The first-order valence-electron chi connectivity index (χ1n) is 9.88. The maximum atomic E-state index is 13.6. The van der Waals surface area contributed by atoms with E-state index >= 15 is 0 Å². The van der Waals surface area contributed by atoms with Gasteiger partial charge in [-0.15, -0.1) is 0 Å². The largest absolute Gasteiger partial charge is 0.497 e. The summed E-state index contributed by atoms with van der Waals surface area (Å²) in [4.78, 5) is 28.2. The molecule has 158 valence electrons. The van der Waals surface area contributed by atoms with Crippen molar-refractivity contribution in [3.05, 3.63) is 93.8 Å². The van der Waals surface area contributed by atoms with Crippen LogP contribution < -0.4 is 15.6 Å². The van der Waals surface area contributed by atoms with Crippen LogP contribution in [0.5, 0.6) is 5.75 Å². The summed E-state index contributed by atoms with van der Waals surface area (Å²) in [6, 6.07) is 14.5. The summed E-state index contributed by atoms with van der Waals surface area (Å²) in [5.41, 5.74) is 3.56. The minimum atomic E-state index is -0.294. The van der Waals surface area contributed by atoms with Crippen LogP contribution in [0.3, 0.4) is 0 Å². The molecule has 0 fully saturated rings. The van der Waals surface area contributed by atoms with Crippen LogP contribution in [-0.2, 0) is 6.42 Å². The average Bonchev–Trinajstić information content (AvgIpc) is 3.08. The molecule has 7 heteroatoms. The van der Waals surface area contributed by atoms with E-state index in [0.29, 0.717) is 30.0 Å². The third kappa shape index (κ3) is 4.21. The fraction of sp³-hybridized carbons (Fsp3) is 0.167. The van der Waals surface area contributed by atoms with Crippen LogP contribution >= 0.6 is 0 Å².